The van der Waals surface area contributed by atoms with Crippen LogP contribution in [0.1, 0.15) is 41.7 Å². The number of rotatable bonds is 7. The van der Waals surface area contributed by atoms with Gasteiger partial charge < -0.3 is 20.5 Å². The van der Waals surface area contributed by atoms with Gasteiger partial charge in [-0.1, -0.05) is 0 Å². The number of nitrogens with zero attached hydrogens (tertiary/aromatic N) is 2. The Balaban J connectivity index is 1.79. The molecule has 1 fully saturated rings. The minimum atomic E-state index is -0.367. The predicted octanol–water partition coefficient (Wildman–Crippen LogP) is 2.68. The van der Waals surface area contributed by atoms with E-state index in [4.69, 9.17) is 4.74 Å². The molecule has 1 aliphatic rings. The van der Waals surface area contributed by atoms with Gasteiger partial charge in [0.2, 0.25) is 5.95 Å². The van der Waals surface area contributed by atoms with Crippen molar-refractivity contribution in [3.8, 4) is 0 Å². The van der Waals surface area contributed by atoms with Gasteiger partial charge >= 0.3 is 5.97 Å². The molecule has 3 N–H and O–H groups in total. The van der Waals surface area contributed by atoms with Gasteiger partial charge in [-0.25, -0.2) is 9.78 Å². The quantitative estimate of drug-likeness (QED) is 0.666. The lowest BCUT2D eigenvalue weighted by molar-refractivity contribution is 0.0601. The Bertz CT molecular complexity index is 744. The van der Waals surface area contributed by atoms with E-state index in [1.165, 1.54) is 7.11 Å². The molecule has 0 radical (unpaired) electrons. The summed E-state index contributed by atoms with van der Waals surface area (Å²) in [6, 6.07) is 8.82. The molecule has 1 heterocycles. The lowest BCUT2D eigenvalue weighted by Gasteiger charge is -2.14. The molecule has 1 aromatic carbocycles. The van der Waals surface area contributed by atoms with Crippen LogP contribution in [0, 0.1) is 0 Å². The highest BCUT2D eigenvalue weighted by Gasteiger charge is 2.26. The Hall–Kier alpha value is -2.67. The number of ether oxygens (including phenoxy) is 1. The molecule has 1 atom stereocenters. The largest absolute Gasteiger partial charge is 0.465 e. The zero-order valence-electron chi connectivity index (χ0n) is 14.3. The summed E-state index contributed by atoms with van der Waals surface area (Å²) in [7, 11) is 1.36. The maximum atomic E-state index is 11.5. The van der Waals surface area contributed by atoms with E-state index in [9.17, 15) is 9.90 Å². The second-order valence-electron chi connectivity index (χ2n) is 6.20. The van der Waals surface area contributed by atoms with Crippen molar-refractivity contribution in [3.05, 3.63) is 41.6 Å². The third-order valence-corrected chi connectivity index (χ3v) is 3.97. The first-order valence-electron chi connectivity index (χ1n) is 8.31. The third-order valence-electron chi connectivity index (χ3n) is 3.97. The van der Waals surface area contributed by atoms with Gasteiger partial charge in [0.05, 0.1) is 25.0 Å². The van der Waals surface area contributed by atoms with Crippen LogP contribution < -0.4 is 10.6 Å². The van der Waals surface area contributed by atoms with Crippen LogP contribution in [0.5, 0.6) is 0 Å². The summed E-state index contributed by atoms with van der Waals surface area (Å²) in [5.41, 5.74) is 2.30. The Morgan fingerprint density at radius 3 is 2.64 bits per heavy atom. The lowest BCUT2D eigenvalue weighted by atomic mass is 10.2. The van der Waals surface area contributed by atoms with E-state index < -0.39 is 0 Å². The molecule has 3 rings (SSSR count). The zero-order chi connectivity index (χ0) is 17.8. The minimum Gasteiger partial charge on any atom is -0.465 e. The van der Waals surface area contributed by atoms with Crippen molar-refractivity contribution in [1.82, 2.24) is 9.97 Å². The average molecular weight is 342 g/mol. The van der Waals surface area contributed by atoms with Gasteiger partial charge in [-0.2, -0.15) is 4.98 Å². The number of hydrogen-bond donors (Lipinski definition) is 3. The molecular weight excluding hydrogens is 320 g/mol. The fourth-order valence-electron chi connectivity index (χ4n) is 2.40. The number of nitrogens with one attached hydrogen (secondary N) is 2. The summed E-state index contributed by atoms with van der Waals surface area (Å²) in [5.74, 6) is 1.29. The molecular formula is C18H22N4O3. The summed E-state index contributed by atoms with van der Waals surface area (Å²) in [5, 5.41) is 15.5. The number of aliphatic hydroxyl groups is 1. The highest BCUT2D eigenvalue weighted by atomic mass is 16.5. The lowest BCUT2D eigenvalue weighted by Crippen LogP contribution is -2.21. The van der Waals surface area contributed by atoms with Crippen molar-refractivity contribution in [2.24, 2.45) is 0 Å². The molecule has 7 heteroatoms. The van der Waals surface area contributed by atoms with Crippen LogP contribution >= 0.6 is 0 Å². The minimum absolute atomic E-state index is 0.00870. The highest BCUT2D eigenvalue weighted by molar-refractivity contribution is 5.89. The summed E-state index contributed by atoms with van der Waals surface area (Å²) in [4.78, 5) is 20.5. The zero-order valence-corrected chi connectivity index (χ0v) is 14.3. The molecule has 0 bridgehead atoms. The van der Waals surface area contributed by atoms with E-state index in [1.54, 1.807) is 24.3 Å². The summed E-state index contributed by atoms with van der Waals surface area (Å²) < 4.78 is 4.70. The molecule has 0 unspecified atom stereocenters. The van der Waals surface area contributed by atoms with Gasteiger partial charge in [0, 0.05) is 23.7 Å². The molecule has 0 saturated heterocycles. The summed E-state index contributed by atoms with van der Waals surface area (Å²) in [6.45, 7) is 1.88. The number of anilines is 3. The van der Waals surface area contributed by atoms with Gasteiger partial charge in [-0.3, -0.25) is 0 Å². The Kier molecular flexibility index (Phi) is 5.14. The fourth-order valence-corrected chi connectivity index (χ4v) is 2.40. The van der Waals surface area contributed by atoms with Gasteiger partial charge in [0.25, 0.3) is 0 Å². The molecule has 0 aliphatic heterocycles. The number of carbonyl (C=O) groups is 1. The molecule has 132 valence electrons. The summed E-state index contributed by atoms with van der Waals surface area (Å²) >= 11 is 0. The van der Waals surface area contributed by atoms with Crippen molar-refractivity contribution in [1.29, 1.82) is 0 Å². The van der Waals surface area contributed by atoms with E-state index in [0.29, 0.717) is 23.2 Å². The van der Waals surface area contributed by atoms with Crippen LogP contribution in [0.2, 0.25) is 0 Å². The van der Waals surface area contributed by atoms with Crippen LogP contribution in [-0.4, -0.2) is 40.8 Å². The van der Waals surface area contributed by atoms with Crippen LogP contribution in [0.25, 0.3) is 0 Å². The molecule has 7 nitrogen and oxygen atoms in total. The van der Waals surface area contributed by atoms with Crippen LogP contribution in [-0.2, 0) is 4.74 Å². The predicted molar refractivity (Wildman–Crippen MR) is 95.2 cm³/mol. The third kappa shape index (κ3) is 4.45. The number of aromatic nitrogens is 2. The first-order valence-corrected chi connectivity index (χ1v) is 8.31. The highest BCUT2D eigenvalue weighted by Crippen LogP contribution is 2.40. The average Bonchev–Trinajstić information content (AvgIpc) is 3.46. The fraction of sp³-hybridized carbons (Fsp3) is 0.389. The second-order valence-corrected chi connectivity index (χ2v) is 6.20. The smallest absolute Gasteiger partial charge is 0.337 e. The molecule has 1 saturated carbocycles. The second kappa shape index (κ2) is 7.48. The van der Waals surface area contributed by atoms with Crippen molar-refractivity contribution >= 4 is 23.4 Å². The first-order chi connectivity index (χ1) is 12.1. The number of esters is 1. The SMILES string of the molecule is COC(=O)c1ccc(Nc2cc(C3CC3)nc(N[C@@H](C)CO)n2)cc1. The standard InChI is InChI=1S/C18H22N4O3/c1-11(10-23)19-18-21-15(12-3-4-12)9-16(22-18)20-14-7-5-13(6-8-14)17(24)25-2/h5-9,11-12,23H,3-4,10H2,1-2H3,(H2,19,20,21,22)/t11-/m0/s1. The van der Waals surface area contributed by atoms with Crippen LogP contribution in [0.3, 0.4) is 0 Å². The van der Waals surface area contributed by atoms with Crippen molar-refractivity contribution < 1.29 is 14.6 Å². The normalized spacial score (nSPS) is 14.7. The summed E-state index contributed by atoms with van der Waals surface area (Å²) in [6.07, 6.45) is 2.28. The maximum absolute atomic E-state index is 11.5. The monoisotopic (exact) mass is 342 g/mol. The first kappa shape index (κ1) is 17.2. The maximum Gasteiger partial charge on any atom is 0.337 e. The number of benzene rings is 1. The van der Waals surface area contributed by atoms with Gasteiger partial charge in [-0.15, -0.1) is 0 Å². The number of carbonyl (C=O) groups excluding carboxylic acids is 1. The topological polar surface area (TPSA) is 96.4 Å². The van der Waals surface area contributed by atoms with Crippen molar-refractivity contribution in [3.63, 3.8) is 0 Å². The van der Waals surface area contributed by atoms with E-state index >= 15 is 0 Å². The van der Waals surface area contributed by atoms with Crippen molar-refractivity contribution in [2.75, 3.05) is 24.4 Å². The Morgan fingerprint density at radius 2 is 2.04 bits per heavy atom. The van der Waals surface area contributed by atoms with E-state index in [1.807, 2.05) is 13.0 Å². The van der Waals surface area contributed by atoms with Gasteiger partial charge in [0.1, 0.15) is 5.82 Å². The molecule has 0 spiro atoms. The number of hydrogen-bond acceptors (Lipinski definition) is 7. The Morgan fingerprint density at radius 1 is 1.32 bits per heavy atom. The molecule has 1 aliphatic carbocycles. The van der Waals surface area contributed by atoms with E-state index in [-0.39, 0.29) is 18.6 Å². The van der Waals surface area contributed by atoms with Crippen LogP contribution in [0.4, 0.5) is 17.5 Å². The van der Waals surface area contributed by atoms with E-state index in [0.717, 1.165) is 24.2 Å². The van der Waals surface area contributed by atoms with Crippen molar-refractivity contribution in [2.45, 2.75) is 31.7 Å². The van der Waals surface area contributed by atoms with E-state index in [2.05, 4.69) is 20.6 Å². The molecule has 1 aromatic heterocycles. The van der Waals surface area contributed by atoms with Gasteiger partial charge in [0.15, 0.2) is 0 Å². The number of methoxy groups -OCH3 is 1. The van der Waals surface area contributed by atoms with Gasteiger partial charge in [-0.05, 0) is 44.0 Å². The number of aliphatic hydroxyl groups excluding tert-OH is 1. The molecule has 2 aromatic rings. The Labute approximate surface area is 146 Å². The van der Waals surface area contributed by atoms with Crippen LogP contribution in [0.15, 0.2) is 30.3 Å². The molecule has 0 amide bonds. The molecule has 25 heavy (non-hydrogen) atoms.